The van der Waals surface area contributed by atoms with Crippen molar-refractivity contribution in [1.82, 2.24) is 4.31 Å². The molecule has 0 spiro atoms. The summed E-state index contributed by atoms with van der Waals surface area (Å²) in [4.78, 5) is 11.8. The summed E-state index contributed by atoms with van der Waals surface area (Å²) in [6.45, 7) is 0.463. The number of halogens is 1. The first-order chi connectivity index (χ1) is 8.38. The Morgan fingerprint density at radius 3 is 2.56 bits per heavy atom. The topological polar surface area (TPSA) is 66.5 Å². The Labute approximate surface area is 111 Å². The SMILES string of the molecule is CS(=O)(=O)N1CC(C(=O)Nc2ccccc2Cl)C1. The Morgan fingerprint density at radius 1 is 1.39 bits per heavy atom. The minimum Gasteiger partial charge on any atom is -0.324 e. The quantitative estimate of drug-likeness (QED) is 0.908. The van der Waals surface area contributed by atoms with Crippen LogP contribution in [-0.2, 0) is 14.8 Å². The molecule has 1 aromatic carbocycles. The summed E-state index contributed by atoms with van der Waals surface area (Å²) in [5, 5.41) is 3.15. The summed E-state index contributed by atoms with van der Waals surface area (Å²) in [6.07, 6.45) is 1.13. The van der Waals surface area contributed by atoms with E-state index in [4.69, 9.17) is 11.6 Å². The molecular weight excluding hydrogens is 276 g/mol. The van der Waals surface area contributed by atoms with Gasteiger partial charge in [0.1, 0.15) is 0 Å². The number of benzene rings is 1. The highest BCUT2D eigenvalue weighted by Gasteiger charge is 2.37. The normalized spacial score (nSPS) is 17.2. The molecule has 0 bridgehead atoms. The molecule has 7 heteroatoms. The van der Waals surface area contributed by atoms with E-state index in [0.29, 0.717) is 10.7 Å². The molecule has 5 nitrogen and oxygen atoms in total. The van der Waals surface area contributed by atoms with Gasteiger partial charge < -0.3 is 5.32 Å². The Bertz CT molecular complexity index is 567. The van der Waals surface area contributed by atoms with Gasteiger partial charge in [-0.05, 0) is 12.1 Å². The van der Waals surface area contributed by atoms with Crippen LogP contribution < -0.4 is 5.32 Å². The zero-order chi connectivity index (χ0) is 13.3. The van der Waals surface area contributed by atoms with Crippen molar-refractivity contribution in [2.45, 2.75) is 0 Å². The predicted molar refractivity (Wildman–Crippen MR) is 70.0 cm³/mol. The number of nitrogens with zero attached hydrogens (tertiary/aromatic N) is 1. The summed E-state index contributed by atoms with van der Waals surface area (Å²) >= 11 is 5.91. The minimum absolute atomic E-state index is 0.206. The van der Waals surface area contributed by atoms with Gasteiger partial charge in [-0.2, -0.15) is 0 Å². The highest BCUT2D eigenvalue weighted by Crippen LogP contribution is 2.24. The molecule has 1 amide bonds. The lowest BCUT2D eigenvalue weighted by Crippen LogP contribution is -2.53. The van der Waals surface area contributed by atoms with Gasteiger partial charge in [-0.3, -0.25) is 4.79 Å². The second-order valence-electron chi connectivity index (χ2n) is 4.25. The molecule has 1 N–H and O–H groups in total. The largest absolute Gasteiger partial charge is 0.324 e. The molecule has 0 aromatic heterocycles. The van der Waals surface area contributed by atoms with Crippen LogP contribution in [0.25, 0.3) is 0 Å². The van der Waals surface area contributed by atoms with Crippen molar-refractivity contribution in [2.24, 2.45) is 5.92 Å². The van der Waals surface area contributed by atoms with Crippen molar-refractivity contribution in [2.75, 3.05) is 24.7 Å². The Hall–Kier alpha value is -1.11. The standard InChI is InChI=1S/C11H13ClN2O3S/c1-18(16,17)14-6-8(7-14)11(15)13-10-5-3-2-4-9(10)12/h2-5,8H,6-7H2,1H3,(H,13,15). The van der Waals surface area contributed by atoms with E-state index in [9.17, 15) is 13.2 Å². The predicted octanol–water partition coefficient (Wildman–Crippen LogP) is 1.17. The Kier molecular flexibility index (Phi) is 3.61. The van der Waals surface area contributed by atoms with Crippen molar-refractivity contribution >= 4 is 33.2 Å². The van der Waals surface area contributed by atoms with Crippen LogP contribution in [0.1, 0.15) is 0 Å². The molecule has 2 rings (SSSR count). The van der Waals surface area contributed by atoms with E-state index in [0.717, 1.165) is 6.26 Å². The smallest absolute Gasteiger partial charge is 0.230 e. The summed E-state index contributed by atoms with van der Waals surface area (Å²) in [7, 11) is -3.19. The first-order valence-electron chi connectivity index (χ1n) is 5.38. The molecule has 1 heterocycles. The number of sulfonamides is 1. The van der Waals surface area contributed by atoms with E-state index in [1.54, 1.807) is 24.3 Å². The molecule has 0 aliphatic carbocycles. The van der Waals surface area contributed by atoms with Gasteiger partial charge in [0.05, 0.1) is 22.9 Å². The summed E-state index contributed by atoms with van der Waals surface area (Å²) in [5.41, 5.74) is 0.543. The first kappa shape index (κ1) is 13.3. The van der Waals surface area contributed by atoms with Gasteiger partial charge in [0.15, 0.2) is 0 Å². The van der Waals surface area contributed by atoms with Crippen LogP contribution in [0.5, 0.6) is 0 Å². The number of carbonyl (C=O) groups excluding carboxylic acids is 1. The van der Waals surface area contributed by atoms with E-state index in [2.05, 4.69) is 5.32 Å². The maximum Gasteiger partial charge on any atom is 0.230 e. The van der Waals surface area contributed by atoms with Crippen LogP contribution in [0.2, 0.25) is 5.02 Å². The molecule has 1 aliphatic rings. The Morgan fingerprint density at radius 2 is 2.00 bits per heavy atom. The number of anilines is 1. The first-order valence-corrected chi connectivity index (χ1v) is 7.61. The van der Waals surface area contributed by atoms with Crippen LogP contribution in [0.3, 0.4) is 0 Å². The molecule has 1 aliphatic heterocycles. The Balaban J connectivity index is 1.94. The molecule has 18 heavy (non-hydrogen) atoms. The summed E-state index contributed by atoms with van der Waals surface area (Å²) < 4.78 is 23.6. The average molecular weight is 289 g/mol. The van der Waals surface area contributed by atoms with Gasteiger partial charge in [-0.15, -0.1) is 0 Å². The van der Waals surface area contributed by atoms with Crippen LogP contribution in [-0.4, -0.2) is 38.0 Å². The van der Waals surface area contributed by atoms with Gasteiger partial charge in [0.25, 0.3) is 0 Å². The van der Waals surface area contributed by atoms with Gasteiger partial charge in [-0.1, -0.05) is 23.7 Å². The van der Waals surface area contributed by atoms with Gasteiger partial charge in [-0.25, -0.2) is 12.7 Å². The highest BCUT2D eigenvalue weighted by atomic mass is 35.5. The zero-order valence-corrected chi connectivity index (χ0v) is 11.3. The number of amides is 1. The summed E-state index contributed by atoms with van der Waals surface area (Å²) in [5.74, 6) is -0.515. The second kappa shape index (κ2) is 4.87. The van der Waals surface area contributed by atoms with Crippen LogP contribution >= 0.6 is 11.6 Å². The minimum atomic E-state index is -3.19. The molecule has 1 aromatic rings. The van der Waals surface area contributed by atoms with E-state index in [-0.39, 0.29) is 24.9 Å². The molecule has 1 fully saturated rings. The number of rotatable bonds is 3. The second-order valence-corrected chi connectivity index (χ2v) is 6.64. The molecule has 0 atom stereocenters. The molecule has 0 saturated carbocycles. The average Bonchev–Trinajstić information content (AvgIpc) is 2.16. The number of hydrogen-bond donors (Lipinski definition) is 1. The van der Waals surface area contributed by atoms with E-state index < -0.39 is 10.0 Å². The third-order valence-corrected chi connectivity index (χ3v) is 4.39. The number of hydrogen-bond acceptors (Lipinski definition) is 3. The van der Waals surface area contributed by atoms with Crippen molar-refractivity contribution in [3.05, 3.63) is 29.3 Å². The third kappa shape index (κ3) is 2.82. The van der Waals surface area contributed by atoms with Crippen LogP contribution in [0, 0.1) is 5.92 Å². The fourth-order valence-corrected chi connectivity index (χ4v) is 2.76. The highest BCUT2D eigenvalue weighted by molar-refractivity contribution is 7.88. The van der Waals surface area contributed by atoms with Crippen molar-refractivity contribution in [1.29, 1.82) is 0 Å². The van der Waals surface area contributed by atoms with Crippen molar-refractivity contribution in [3.63, 3.8) is 0 Å². The molecule has 98 valence electrons. The molecule has 1 saturated heterocycles. The van der Waals surface area contributed by atoms with Gasteiger partial charge >= 0.3 is 0 Å². The lowest BCUT2D eigenvalue weighted by Gasteiger charge is -2.35. The fourth-order valence-electron chi connectivity index (χ4n) is 1.67. The molecule has 0 unspecified atom stereocenters. The maximum atomic E-state index is 11.8. The lowest BCUT2D eigenvalue weighted by atomic mass is 10.0. The maximum absolute atomic E-state index is 11.8. The van der Waals surface area contributed by atoms with Crippen LogP contribution in [0.4, 0.5) is 5.69 Å². The van der Waals surface area contributed by atoms with Crippen molar-refractivity contribution in [3.8, 4) is 0 Å². The van der Waals surface area contributed by atoms with E-state index in [1.807, 2.05) is 0 Å². The van der Waals surface area contributed by atoms with E-state index in [1.165, 1.54) is 4.31 Å². The number of para-hydroxylation sites is 1. The van der Waals surface area contributed by atoms with Crippen molar-refractivity contribution < 1.29 is 13.2 Å². The summed E-state index contributed by atoms with van der Waals surface area (Å²) in [6, 6.07) is 6.92. The number of carbonyl (C=O) groups is 1. The van der Waals surface area contributed by atoms with Crippen LogP contribution in [0.15, 0.2) is 24.3 Å². The lowest BCUT2D eigenvalue weighted by molar-refractivity contribution is -0.122. The third-order valence-electron chi connectivity index (χ3n) is 2.82. The van der Waals surface area contributed by atoms with Gasteiger partial charge in [0, 0.05) is 13.1 Å². The molecular formula is C11H13ClN2O3S. The van der Waals surface area contributed by atoms with Gasteiger partial charge in [0.2, 0.25) is 15.9 Å². The monoisotopic (exact) mass is 288 g/mol. The zero-order valence-electron chi connectivity index (χ0n) is 9.76. The van der Waals surface area contributed by atoms with E-state index >= 15 is 0 Å². The molecule has 0 radical (unpaired) electrons. The fraction of sp³-hybridized carbons (Fsp3) is 0.364. The number of nitrogens with one attached hydrogen (secondary N) is 1.